The zero-order valence-electron chi connectivity index (χ0n) is 39.8. The van der Waals surface area contributed by atoms with E-state index in [1.54, 1.807) is 18.3 Å². The van der Waals surface area contributed by atoms with E-state index in [-0.39, 0.29) is 67.3 Å². The fourth-order valence-electron chi connectivity index (χ4n) is 9.23. The van der Waals surface area contributed by atoms with Crippen molar-refractivity contribution in [2.75, 3.05) is 97.0 Å². The molecule has 4 aromatic rings. The molecular formula is C51H62N8O11. The molecule has 0 radical (unpaired) electrons. The standard InChI is InChI=1S/C51H62N8O11/c1-51(2,50(65)56-20-17-52-18-21-56)70-40-8-3-7-39(30-40)57-19-5-6-37(34-57)47(62)58(33-35-11-13-36(14-12-35)38-31-53-54-32-38)22-23-66-24-25-67-26-27-68-28-29-69-43-10-4-9-41-45(43)49(64)59(48(41)63)42-15-16-44(60)55-46(42)61/h3-4,7-14,30-32,37,42,52H,5-6,15-29,33-34H2,1-2H3,(H,53,54)(H,55,60,61)/t37-,42?/m1/s1. The highest BCUT2D eigenvalue weighted by atomic mass is 16.6. The van der Waals surface area contributed by atoms with Crippen molar-refractivity contribution in [2.45, 2.75) is 57.7 Å². The molecule has 0 aliphatic carbocycles. The van der Waals surface area contributed by atoms with Crippen molar-refractivity contribution >= 4 is 41.1 Å². The molecule has 0 saturated carbocycles. The first-order valence-electron chi connectivity index (χ1n) is 24.1. The van der Waals surface area contributed by atoms with Crippen LogP contribution >= 0.6 is 0 Å². The zero-order valence-corrected chi connectivity index (χ0v) is 39.8. The highest BCUT2D eigenvalue weighted by Crippen LogP contribution is 2.34. The number of piperidine rings is 2. The SMILES string of the molecule is CC(C)(Oc1cccc(N2CCC[C@@H](C(=O)N(CCOCCOCCOCCOc3cccc4c3C(=O)N(C3CCC(=O)NC3=O)C4=O)Cc3ccc(-c4cn[nH]c4)cc3)C2)c1)C(=O)N1CCNCC1. The number of rotatable bonds is 22. The average molecular weight is 963 g/mol. The van der Waals surface area contributed by atoms with Gasteiger partial charge in [0.1, 0.15) is 24.1 Å². The van der Waals surface area contributed by atoms with E-state index < -0.39 is 35.3 Å². The molecule has 5 heterocycles. The Morgan fingerprint density at radius 1 is 0.814 bits per heavy atom. The predicted octanol–water partition coefficient (Wildman–Crippen LogP) is 3.44. The highest BCUT2D eigenvalue weighted by Gasteiger charge is 2.46. The number of hydrogen-bond acceptors (Lipinski definition) is 14. The second-order valence-electron chi connectivity index (χ2n) is 18.2. The lowest BCUT2D eigenvalue weighted by atomic mass is 9.95. The van der Waals surface area contributed by atoms with Gasteiger partial charge in [0.05, 0.1) is 62.9 Å². The number of H-pyrrole nitrogens is 1. The number of imide groups is 2. The average Bonchev–Trinajstić information content (AvgIpc) is 4.00. The number of fused-ring (bicyclic) bond motifs is 1. The van der Waals surface area contributed by atoms with Crippen LogP contribution in [0.3, 0.4) is 0 Å². The van der Waals surface area contributed by atoms with Gasteiger partial charge in [-0.1, -0.05) is 36.4 Å². The van der Waals surface area contributed by atoms with Crippen LogP contribution in [0.25, 0.3) is 11.1 Å². The lowest BCUT2D eigenvalue weighted by Crippen LogP contribution is -2.54. The van der Waals surface area contributed by atoms with Crippen molar-refractivity contribution in [2.24, 2.45) is 5.92 Å². The van der Waals surface area contributed by atoms with E-state index >= 15 is 0 Å². The molecule has 2 atom stereocenters. The summed E-state index contributed by atoms with van der Waals surface area (Å²) in [7, 11) is 0. The third-order valence-electron chi connectivity index (χ3n) is 12.9. The normalized spacial score (nSPS) is 18.5. The van der Waals surface area contributed by atoms with Crippen molar-refractivity contribution in [3.63, 3.8) is 0 Å². The summed E-state index contributed by atoms with van der Waals surface area (Å²) < 4.78 is 29.5. The van der Waals surface area contributed by atoms with Gasteiger partial charge in [-0.3, -0.25) is 44.1 Å². The maximum absolute atomic E-state index is 14.4. The first kappa shape index (κ1) is 49.7. The molecule has 3 N–H and O–H groups in total. The van der Waals surface area contributed by atoms with E-state index in [0.717, 1.165) is 59.8 Å². The minimum absolute atomic E-state index is 0.0342. The number of aromatic nitrogens is 2. The number of anilines is 1. The third-order valence-corrected chi connectivity index (χ3v) is 12.9. The van der Waals surface area contributed by atoms with Gasteiger partial charge >= 0.3 is 0 Å². The molecule has 19 nitrogen and oxygen atoms in total. The van der Waals surface area contributed by atoms with Gasteiger partial charge in [-0.2, -0.15) is 5.10 Å². The Hall–Kier alpha value is -6.67. The maximum Gasteiger partial charge on any atom is 0.266 e. The first-order chi connectivity index (χ1) is 34.0. The van der Waals surface area contributed by atoms with Crippen molar-refractivity contribution in [3.8, 4) is 22.6 Å². The van der Waals surface area contributed by atoms with E-state index in [9.17, 15) is 28.8 Å². The summed E-state index contributed by atoms with van der Waals surface area (Å²) >= 11 is 0. The lowest BCUT2D eigenvalue weighted by Gasteiger charge is -2.37. The van der Waals surface area contributed by atoms with Gasteiger partial charge in [0.25, 0.3) is 17.7 Å². The summed E-state index contributed by atoms with van der Waals surface area (Å²) in [5.41, 5.74) is 3.13. The van der Waals surface area contributed by atoms with Crippen molar-refractivity contribution in [1.82, 2.24) is 35.5 Å². The molecule has 4 aliphatic heterocycles. The first-order valence-corrected chi connectivity index (χ1v) is 24.1. The monoisotopic (exact) mass is 962 g/mol. The van der Waals surface area contributed by atoms with Crippen LogP contribution in [-0.4, -0.2) is 164 Å². The number of benzene rings is 3. The van der Waals surface area contributed by atoms with Gasteiger partial charge < -0.3 is 43.7 Å². The molecule has 1 aromatic heterocycles. The van der Waals surface area contributed by atoms with Crippen molar-refractivity contribution in [3.05, 3.63) is 95.8 Å². The fraction of sp³-hybridized carbons (Fsp3) is 0.471. The highest BCUT2D eigenvalue weighted by molar-refractivity contribution is 6.24. The van der Waals surface area contributed by atoms with Gasteiger partial charge in [-0.05, 0) is 68.5 Å². The van der Waals surface area contributed by atoms with Crippen LogP contribution in [0.2, 0.25) is 0 Å². The Balaban J connectivity index is 0.781. The molecule has 6 amide bonds. The maximum atomic E-state index is 14.4. The largest absolute Gasteiger partial charge is 0.490 e. The molecule has 19 heteroatoms. The Kier molecular flexibility index (Phi) is 16.6. The van der Waals surface area contributed by atoms with Crippen LogP contribution in [-0.2, 0) is 39.9 Å². The quantitative estimate of drug-likeness (QED) is 0.0761. The molecule has 3 aromatic carbocycles. The molecule has 4 aliphatic rings. The van der Waals surface area contributed by atoms with Gasteiger partial charge in [0.2, 0.25) is 17.7 Å². The van der Waals surface area contributed by atoms with E-state index in [4.69, 9.17) is 23.7 Å². The zero-order chi connectivity index (χ0) is 49.0. The van der Waals surface area contributed by atoms with Gasteiger partial charge in [0, 0.05) is 82.3 Å². The molecule has 0 bridgehead atoms. The second kappa shape index (κ2) is 23.3. The number of piperazine rings is 1. The summed E-state index contributed by atoms with van der Waals surface area (Å²) in [5, 5.41) is 12.4. The van der Waals surface area contributed by atoms with Crippen LogP contribution in [0.5, 0.6) is 11.5 Å². The van der Waals surface area contributed by atoms with E-state index in [2.05, 4.69) is 25.7 Å². The van der Waals surface area contributed by atoms with Crippen molar-refractivity contribution in [1.29, 1.82) is 0 Å². The van der Waals surface area contributed by atoms with Crippen LogP contribution in [0, 0.1) is 5.92 Å². The van der Waals surface area contributed by atoms with Gasteiger partial charge in [-0.15, -0.1) is 0 Å². The molecule has 8 rings (SSSR count). The Bertz CT molecular complexity index is 2480. The van der Waals surface area contributed by atoms with Crippen molar-refractivity contribution < 1.29 is 52.5 Å². The number of aromatic amines is 1. The molecule has 3 fully saturated rings. The van der Waals surface area contributed by atoms with Crippen LogP contribution in [0.4, 0.5) is 5.69 Å². The molecule has 70 heavy (non-hydrogen) atoms. The number of ether oxygens (including phenoxy) is 5. The number of carbonyl (C=O) groups is 6. The molecule has 1 unspecified atom stereocenters. The smallest absolute Gasteiger partial charge is 0.266 e. The van der Waals surface area contributed by atoms with Crippen LogP contribution in [0.1, 0.15) is 65.8 Å². The van der Waals surface area contributed by atoms with E-state index in [1.165, 1.54) is 6.07 Å². The summed E-state index contributed by atoms with van der Waals surface area (Å²) in [6.07, 6.45) is 5.32. The second-order valence-corrected chi connectivity index (χ2v) is 18.2. The third kappa shape index (κ3) is 12.2. The van der Waals surface area contributed by atoms with Crippen LogP contribution < -0.4 is 25.0 Å². The van der Waals surface area contributed by atoms with Gasteiger partial charge in [0.15, 0.2) is 5.60 Å². The number of amides is 6. The lowest BCUT2D eigenvalue weighted by molar-refractivity contribution is -0.146. The summed E-state index contributed by atoms with van der Waals surface area (Å²) in [4.78, 5) is 85.1. The predicted molar refractivity (Wildman–Crippen MR) is 256 cm³/mol. The number of nitrogens with one attached hydrogen (secondary N) is 3. The Labute approximate surface area is 407 Å². The Morgan fingerprint density at radius 2 is 1.54 bits per heavy atom. The summed E-state index contributed by atoms with van der Waals surface area (Å²) in [6, 6.07) is 19.6. The number of carbonyl (C=O) groups excluding carboxylic acids is 6. The Morgan fingerprint density at radius 3 is 2.27 bits per heavy atom. The number of nitrogens with zero attached hydrogens (tertiary/aromatic N) is 5. The molecule has 3 saturated heterocycles. The molecule has 372 valence electrons. The van der Waals surface area contributed by atoms with Gasteiger partial charge in [-0.25, -0.2) is 0 Å². The minimum atomic E-state index is -1.06. The molecule has 0 spiro atoms. The minimum Gasteiger partial charge on any atom is -0.490 e. The van der Waals surface area contributed by atoms with Crippen LogP contribution in [0.15, 0.2) is 79.1 Å². The fourth-order valence-corrected chi connectivity index (χ4v) is 9.23. The topological polar surface area (TPSA) is 214 Å². The molecular weight excluding hydrogens is 901 g/mol. The summed E-state index contributed by atoms with van der Waals surface area (Å²) in [6.45, 7) is 10.4. The van der Waals surface area contributed by atoms with E-state index in [0.29, 0.717) is 64.9 Å². The summed E-state index contributed by atoms with van der Waals surface area (Å²) in [5.74, 6) is -1.76. The number of hydrogen-bond donors (Lipinski definition) is 3. The van der Waals surface area contributed by atoms with E-state index in [1.807, 2.05) is 78.4 Å².